The second-order valence-corrected chi connectivity index (χ2v) is 8.51. The Labute approximate surface area is 188 Å². The first-order valence-electron chi connectivity index (χ1n) is 9.62. The van der Waals surface area contributed by atoms with Gasteiger partial charge < -0.3 is 0 Å². The Kier molecular flexibility index (Phi) is 6.99. The molecule has 0 atom stereocenters. The average Bonchev–Trinajstić information content (AvgIpc) is 2.76. The number of nitrogens with zero attached hydrogens (tertiary/aromatic N) is 1. The van der Waals surface area contributed by atoms with Gasteiger partial charge in [-0.15, -0.1) is 0 Å². The monoisotopic (exact) mass is 476 g/mol. The summed E-state index contributed by atoms with van der Waals surface area (Å²) in [4.78, 5) is 11.5. The first kappa shape index (κ1) is 24.1. The first-order chi connectivity index (χ1) is 15.5. The van der Waals surface area contributed by atoms with E-state index in [1.54, 1.807) is 30.3 Å². The summed E-state index contributed by atoms with van der Waals surface area (Å²) in [6.07, 6.45) is -4.66. The largest absolute Gasteiger partial charge is 0.416 e. The Bertz CT molecular complexity index is 1300. The van der Waals surface area contributed by atoms with Crippen molar-refractivity contribution in [3.8, 4) is 11.1 Å². The quantitative estimate of drug-likeness (QED) is 0.306. The molecular formula is C23H19F3N2O4S. The lowest BCUT2D eigenvalue weighted by Gasteiger charge is -2.15. The maximum absolute atomic E-state index is 13.3. The molecule has 10 heteroatoms. The molecule has 33 heavy (non-hydrogen) atoms. The van der Waals surface area contributed by atoms with E-state index in [-0.39, 0.29) is 28.8 Å². The molecule has 2 N–H and O–H groups in total. The van der Waals surface area contributed by atoms with Gasteiger partial charge in [0.05, 0.1) is 17.7 Å². The van der Waals surface area contributed by atoms with Crippen LogP contribution in [0.15, 0.2) is 82.8 Å². The topological polar surface area (TPSA) is 95.8 Å². The molecule has 0 unspecified atom stereocenters. The zero-order chi connectivity index (χ0) is 24.2. The Morgan fingerprint density at radius 3 is 2.24 bits per heavy atom. The van der Waals surface area contributed by atoms with E-state index in [0.717, 1.165) is 5.56 Å². The van der Waals surface area contributed by atoms with Gasteiger partial charge in [0, 0.05) is 11.1 Å². The lowest BCUT2D eigenvalue weighted by Crippen LogP contribution is -2.21. The number of amides is 1. The molecule has 0 radical (unpaired) electrons. The van der Waals surface area contributed by atoms with Crippen molar-refractivity contribution < 1.29 is 30.9 Å². The number of carbonyl (C=O) groups excluding carboxylic acids is 1. The molecule has 3 aromatic carbocycles. The van der Waals surface area contributed by atoms with Gasteiger partial charge in [-0.1, -0.05) is 54.6 Å². The van der Waals surface area contributed by atoms with E-state index in [1.807, 2.05) is 6.07 Å². The summed E-state index contributed by atoms with van der Waals surface area (Å²) in [6.45, 7) is 1.52. The van der Waals surface area contributed by atoms with Crippen molar-refractivity contribution in [3.63, 3.8) is 0 Å². The van der Waals surface area contributed by atoms with Crippen molar-refractivity contribution in [1.82, 2.24) is 5.43 Å². The highest BCUT2D eigenvalue weighted by molar-refractivity contribution is 7.86. The SMILES string of the molecule is C/C(=N\NC(=O)Cc1ccccc1)c1ccccc1-c1cc(C(F)(F)F)ccc1S(=O)(=O)O. The standard InChI is InChI=1S/C23H19F3N2O4S/c1-15(27-28-22(29)13-16-7-3-2-4-8-16)18-9-5-6-10-19(18)20-14-17(23(24,25)26)11-12-21(20)33(30,31)32/h2-12,14H,13H2,1H3,(H,28,29)(H,30,31,32)/b27-15+. The summed E-state index contributed by atoms with van der Waals surface area (Å²) in [6, 6.07) is 16.9. The lowest BCUT2D eigenvalue weighted by molar-refractivity contribution is -0.137. The van der Waals surface area contributed by atoms with Crippen LogP contribution in [0.4, 0.5) is 13.2 Å². The van der Waals surface area contributed by atoms with Crippen LogP contribution in [0.5, 0.6) is 0 Å². The van der Waals surface area contributed by atoms with Crippen molar-refractivity contribution in [2.75, 3.05) is 0 Å². The average molecular weight is 476 g/mol. The van der Waals surface area contributed by atoms with Crippen LogP contribution in [0.2, 0.25) is 0 Å². The number of hydrogen-bond acceptors (Lipinski definition) is 4. The molecule has 172 valence electrons. The maximum atomic E-state index is 13.3. The number of nitrogens with one attached hydrogen (secondary N) is 1. The van der Waals surface area contributed by atoms with Crippen LogP contribution in [-0.4, -0.2) is 24.6 Å². The highest BCUT2D eigenvalue weighted by Gasteiger charge is 2.32. The highest BCUT2D eigenvalue weighted by atomic mass is 32.2. The minimum absolute atomic E-state index is 0.0692. The Morgan fingerprint density at radius 1 is 0.970 bits per heavy atom. The number of rotatable bonds is 6. The number of benzene rings is 3. The molecule has 0 aliphatic carbocycles. The molecular weight excluding hydrogens is 457 g/mol. The van der Waals surface area contributed by atoms with Crippen molar-refractivity contribution in [1.29, 1.82) is 0 Å². The van der Waals surface area contributed by atoms with Crippen molar-refractivity contribution >= 4 is 21.7 Å². The van der Waals surface area contributed by atoms with E-state index in [9.17, 15) is 30.9 Å². The van der Waals surface area contributed by atoms with E-state index in [4.69, 9.17) is 0 Å². The molecule has 0 spiro atoms. The van der Waals surface area contributed by atoms with Crippen LogP contribution in [0.3, 0.4) is 0 Å². The van der Waals surface area contributed by atoms with Gasteiger partial charge >= 0.3 is 6.18 Å². The summed E-state index contributed by atoms with van der Waals surface area (Å²) >= 11 is 0. The Hall–Kier alpha value is -3.50. The van der Waals surface area contributed by atoms with Crippen LogP contribution in [0.25, 0.3) is 11.1 Å². The molecule has 0 heterocycles. The second-order valence-electron chi connectivity index (χ2n) is 7.12. The maximum Gasteiger partial charge on any atom is 0.416 e. The number of carbonyl (C=O) groups is 1. The molecule has 0 bridgehead atoms. The van der Waals surface area contributed by atoms with Gasteiger partial charge in [0.25, 0.3) is 10.1 Å². The van der Waals surface area contributed by atoms with Gasteiger partial charge in [-0.25, -0.2) is 5.43 Å². The van der Waals surface area contributed by atoms with E-state index in [2.05, 4.69) is 10.5 Å². The van der Waals surface area contributed by atoms with Gasteiger partial charge in [-0.2, -0.15) is 26.7 Å². The van der Waals surface area contributed by atoms with E-state index < -0.39 is 32.7 Å². The third-order valence-corrected chi connectivity index (χ3v) is 5.66. The normalized spacial score (nSPS) is 12.5. The zero-order valence-electron chi connectivity index (χ0n) is 17.3. The molecule has 3 aromatic rings. The summed E-state index contributed by atoms with van der Waals surface area (Å²) in [5.41, 5.74) is 2.34. The Morgan fingerprint density at radius 2 is 1.61 bits per heavy atom. The van der Waals surface area contributed by atoms with Crippen molar-refractivity contribution in [2.45, 2.75) is 24.4 Å². The number of halogens is 3. The number of hydrogen-bond donors (Lipinski definition) is 2. The van der Waals surface area contributed by atoms with Gasteiger partial charge in [0.1, 0.15) is 4.90 Å². The molecule has 0 saturated heterocycles. The minimum atomic E-state index is -4.82. The molecule has 1 amide bonds. The fraction of sp³-hybridized carbons (Fsp3) is 0.130. The predicted octanol–water partition coefficient (Wildman–Crippen LogP) is 4.70. The van der Waals surface area contributed by atoms with Gasteiger partial charge in [-0.3, -0.25) is 9.35 Å². The summed E-state index contributed by atoms with van der Waals surface area (Å²) < 4.78 is 73.1. The summed E-state index contributed by atoms with van der Waals surface area (Å²) in [5, 5.41) is 4.02. The Balaban J connectivity index is 2.01. The number of hydrazone groups is 1. The van der Waals surface area contributed by atoms with E-state index >= 15 is 0 Å². The van der Waals surface area contributed by atoms with E-state index in [0.29, 0.717) is 18.2 Å². The molecule has 0 aliphatic heterocycles. The van der Waals surface area contributed by atoms with Gasteiger partial charge in [0.15, 0.2) is 0 Å². The molecule has 0 aromatic heterocycles. The summed E-state index contributed by atoms with van der Waals surface area (Å²) in [5.74, 6) is -0.407. The zero-order valence-corrected chi connectivity index (χ0v) is 18.1. The third kappa shape index (κ3) is 6.05. The molecule has 3 rings (SSSR count). The smallest absolute Gasteiger partial charge is 0.282 e. The second kappa shape index (κ2) is 9.55. The number of alkyl halides is 3. The van der Waals surface area contributed by atoms with Crippen LogP contribution >= 0.6 is 0 Å². The first-order valence-corrected chi connectivity index (χ1v) is 11.1. The third-order valence-electron chi connectivity index (χ3n) is 4.75. The van der Waals surface area contributed by atoms with Crippen LogP contribution in [-0.2, 0) is 27.5 Å². The van der Waals surface area contributed by atoms with E-state index in [1.165, 1.54) is 25.1 Å². The fourth-order valence-electron chi connectivity index (χ4n) is 3.20. The van der Waals surface area contributed by atoms with Gasteiger partial charge in [-0.05, 0) is 36.2 Å². The molecule has 6 nitrogen and oxygen atoms in total. The van der Waals surface area contributed by atoms with Crippen molar-refractivity contribution in [3.05, 3.63) is 89.5 Å². The van der Waals surface area contributed by atoms with Crippen LogP contribution in [0.1, 0.15) is 23.6 Å². The fourth-order valence-corrected chi connectivity index (χ4v) is 3.89. The highest BCUT2D eigenvalue weighted by Crippen LogP contribution is 2.37. The molecule has 0 saturated carbocycles. The predicted molar refractivity (Wildman–Crippen MR) is 117 cm³/mol. The molecule has 0 aliphatic rings. The molecule has 0 fully saturated rings. The van der Waals surface area contributed by atoms with Crippen LogP contribution < -0.4 is 5.43 Å². The van der Waals surface area contributed by atoms with Gasteiger partial charge in [0.2, 0.25) is 5.91 Å². The summed E-state index contributed by atoms with van der Waals surface area (Å²) in [7, 11) is -4.82. The minimum Gasteiger partial charge on any atom is -0.282 e. The lowest BCUT2D eigenvalue weighted by atomic mass is 9.95. The van der Waals surface area contributed by atoms with Crippen molar-refractivity contribution in [2.24, 2.45) is 5.10 Å². The van der Waals surface area contributed by atoms with Crippen LogP contribution in [0, 0.1) is 0 Å².